The second-order valence-corrected chi connectivity index (χ2v) is 5.69. The van der Waals surface area contributed by atoms with E-state index in [1.165, 1.54) is 6.42 Å². The molecule has 5 heteroatoms. The highest BCUT2D eigenvalue weighted by Gasteiger charge is 2.25. The number of aromatic nitrogens is 1. The minimum atomic E-state index is -0.244. The number of nitrogens with two attached hydrogens (primary N) is 1. The van der Waals surface area contributed by atoms with Crippen LogP contribution in [0.1, 0.15) is 36.2 Å². The summed E-state index contributed by atoms with van der Waals surface area (Å²) < 4.78 is 0. The zero-order valence-corrected chi connectivity index (χ0v) is 11.8. The summed E-state index contributed by atoms with van der Waals surface area (Å²) in [5, 5.41) is 3.45. The van der Waals surface area contributed by atoms with Crippen LogP contribution in [0.4, 0.5) is 5.69 Å². The van der Waals surface area contributed by atoms with Gasteiger partial charge in [-0.15, -0.1) is 0 Å². The van der Waals surface area contributed by atoms with Gasteiger partial charge in [-0.3, -0.25) is 4.98 Å². The quantitative estimate of drug-likeness (QED) is 0.509. The van der Waals surface area contributed by atoms with Crippen LogP contribution in [0.25, 0.3) is 0 Å². The number of rotatable bonds is 4. The van der Waals surface area contributed by atoms with Crippen molar-refractivity contribution < 1.29 is 4.79 Å². The first-order chi connectivity index (χ1) is 8.72. The van der Waals surface area contributed by atoms with Gasteiger partial charge in [-0.2, -0.15) is 0 Å². The van der Waals surface area contributed by atoms with E-state index in [9.17, 15) is 4.79 Å². The summed E-state index contributed by atoms with van der Waals surface area (Å²) >= 11 is 3.36. The van der Waals surface area contributed by atoms with Gasteiger partial charge in [-0.1, -0.05) is 28.8 Å². The van der Waals surface area contributed by atoms with Gasteiger partial charge in [0.2, 0.25) is 0 Å². The fourth-order valence-electron chi connectivity index (χ4n) is 2.46. The summed E-state index contributed by atoms with van der Waals surface area (Å²) in [5.41, 5.74) is 7.74. The van der Waals surface area contributed by atoms with Crippen LogP contribution in [-0.2, 0) is 4.79 Å². The predicted molar refractivity (Wildman–Crippen MR) is 75.5 cm³/mol. The van der Waals surface area contributed by atoms with Crippen LogP contribution in [0.15, 0.2) is 18.5 Å². The molecule has 3 atom stereocenters. The van der Waals surface area contributed by atoms with Gasteiger partial charge in [-0.05, 0) is 18.9 Å². The van der Waals surface area contributed by atoms with Crippen LogP contribution < -0.4 is 11.1 Å². The van der Waals surface area contributed by atoms with Crippen LogP contribution in [0.3, 0.4) is 0 Å². The number of hydrogen-bond acceptors (Lipinski definition) is 4. The average Bonchev–Trinajstić information content (AvgIpc) is 2.40. The highest BCUT2D eigenvalue weighted by Crippen LogP contribution is 2.29. The number of nitrogens with one attached hydrogen (secondary N) is 1. The van der Waals surface area contributed by atoms with E-state index in [1.54, 1.807) is 12.4 Å². The molecule has 2 unspecified atom stereocenters. The Morgan fingerprint density at radius 3 is 3.00 bits per heavy atom. The molecule has 1 fully saturated rings. The number of anilines is 1. The molecular formula is C13H18BrN3O. The van der Waals surface area contributed by atoms with Gasteiger partial charge in [-0.25, -0.2) is 0 Å². The minimum Gasteiger partial charge on any atom is -0.381 e. The van der Waals surface area contributed by atoms with Crippen molar-refractivity contribution in [2.24, 2.45) is 11.7 Å². The lowest BCUT2D eigenvalue weighted by molar-refractivity contribution is -0.112. The van der Waals surface area contributed by atoms with Gasteiger partial charge in [0, 0.05) is 35.6 Å². The molecule has 98 valence electrons. The summed E-state index contributed by atoms with van der Waals surface area (Å²) in [6, 6.07) is 2.12. The van der Waals surface area contributed by atoms with Gasteiger partial charge in [0.1, 0.15) is 6.29 Å². The number of halogens is 1. The third-order valence-corrected chi connectivity index (χ3v) is 3.98. The number of hydrogen-bond donors (Lipinski definition) is 2. The number of carbonyl (C=O) groups is 1. The van der Waals surface area contributed by atoms with Crippen LogP contribution >= 0.6 is 15.9 Å². The summed E-state index contributed by atoms with van der Waals surface area (Å²) in [4.78, 5) is 14.9. The Kier molecular flexibility index (Phi) is 4.72. The minimum absolute atomic E-state index is 0.103. The predicted octanol–water partition coefficient (Wildman–Crippen LogP) is 2.60. The fraction of sp³-hybridized carbons (Fsp3) is 0.538. The molecule has 0 aromatic carbocycles. The average molecular weight is 312 g/mol. The van der Waals surface area contributed by atoms with Gasteiger partial charge in [0.25, 0.3) is 0 Å². The molecule has 1 aliphatic rings. The Balaban J connectivity index is 2.15. The maximum atomic E-state index is 11.1. The van der Waals surface area contributed by atoms with E-state index in [4.69, 9.17) is 5.73 Å². The number of aldehydes is 1. The number of alkyl halides is 1. The Labute approximate surface area is 115 Å². The van der Waals surface area contributed by atoms with Crippen molar-refractivity contribution in [3.05, 3.63) is 24.0 Å². The van der Waals surface area contributed by atoms with E-state index in [0.29, 0.717) is 0 Å². The molecule has 1 aromatic rings. The van der Waals surface area contributed by atoms with E-state index in [-0.39, 0.29) is 16.9 Å². The molecule has 0 spiro atoms. The van der Waals surface area contributed by atoms with E-state index < -0.39 is 0 Å². The number of carbonyl (C=O) groups excluding carboxylic acids is 1. The molecule has 1 aliphatic carbocycles. The monoisotopic (exact) mass is 311 g/mol. The number of nitrogens with zero attached hydrogens (tertiary/aromatic N) is 1. The maximum absolute atomic E-state index is 11.1. The Morgan fingerprint density at radius 1 is 1.50 bits per heavy atom. The lowest BCUT2D eigenvalue weighted by Crippen LogP contribution is -2.33. The van der Waals surface area contributed by atoms with Gasteiger partial charge < -0.3 is 15.8 Å². The number of pyridine rings is 1. The Hall–Kier alpha value is -0.940. The van der Waals surface area contributed by atoms with E-state index in [1.807, 2.05) is 6.07 Å². The molecule has 1 saturated carbocycles. The van der Waals surface area contributed by atoms with E-state index >= 15 is 0 Å². The third kappa shape index (κ3) is 3.09. The first kappa shape index (κ1) is 13.5. The first-order valence-electron chi connectivity index (χ1n) is 6.27. The zero-order valence-electron chi connectivity index (χ0n) is 10.2. The van der Waals surface area contributed by atoms with Gasteiger partial charge in [0.15, 0.2) is 0 Å². The third-order valence-electron chi connectivity index (χ3n) is 3.48. The second-order valence-electron chi connectivity index (χ2n) is 4.70. The molecule has 3 N–H and O–H groups in total. The largest absolute Gasteiger partial charge is 0.381 e. The van der Waals surface area contributed by atoms with Crippen LogP contribution in [0.5, 0.6) is 0 Å². The van der Waals surface area contributed by atoms with Crippen molar-refractivity contribution >= 4 is 27.9 Å². The summed E-state index contributed by atoms with van der Waals surface area (Å²) in [6.07, 6.45) is 8.88. The molecule has 1 aromatic heterocycles. The first-order valence-corrected chi connectivity index (χ1v) is 7.19. The maximum Gasteiger partial charge on any atom is 0.125 e. The van der Waals surface area contributed by atoms with Crippen molar-refractivity contribution in [2.75, 3.05) is 5.32 Å². The summed E-state index contributed by atoms with van der Waals surface area (Å²) in [7, 11) is 0. The molecule has 2 rings (SSSR count). The molecule has 18 heavy (non-hydrogen) atoms. The normalized spacial score (nSPS) is 25.4. The zero-order chi connectivity index (χ0) is 13.0. The van der Waals surface area contributed by atoms with Crippen molar-refractivity contribution in [1.29, 1.82) is 0 Å². The molecule has 0 bridgehead atoms. The molecule has 4 nitrogen and oxygen atoms in total. The molecule has 0 aliphatic heterocycles. The van der Waals surface area contributed by atoms with Gasteiger partial charge >= 0.3 is 0 Å². The Bertz CT molecular complexity index is 411. The van der Waals surface area contributed by atoms with Crippen LogP contribution in [-0.4, -0.2) is 17.3 Å². The Morgan fingerprint density at radius 2 is 2.28 bits per heavy atom. The molecule has 0 amide bonds. The van der Waals surface area contributed by atoms with E-state index in [0.717, 1.165) is 36.8 Å². The summed E-state index contributed by atoms with van der Waals surface area (Å²) in [6.45, 7) is 0. The SMILES string of the molecule is NC(Br)c1cnccc1N[C@@H]1CCCCC1C=O. The highest BCUT2D eigenvalue weighted by molar-refractivity contribution is 9.09. The standard InChI is InChI=1S/C13H18BrN3O/c14-13(15)10-7-16-6-5-12(10)17-11-4-2-1-3-9(11)8-18/h5-9,11,13H,1-4,15H2,(H,16,17)/t9?,11-,13?/m1/s1. The second kappa shape index (κ2) is 6.29. The smallest absolute Gasteiger partial charge is 0.125 e. The highest BCUT2D eigenvalue weighted by atomic mass is 79.9. The summed E-state index contributed by atoms with van der Waals surface area (Å²) in [5.74, 6) is 0.103. The molecular weight excluding hydrogens is 294 g/mol. The van der Waals surface area contributed by atoms with E-state index in [2.05, 4.69) is 26.2 Å². The van der Waals surface area contributed by atoms with Crippen molar-refractivity contribution in [2.45, 2.75) is 36.7 Å². The lowest BCUT2D eigenvalue weighted by atomic mass is 9.85. The fourth-order valence-corrected chi connectivity index (χ4v) is 2.82. The topological polar surface area (TPSA) is 68.0 Å². The van der Waals surface area contributed by atoms with Gasteiger partial charge in [0.05, 0.1) is 4.95 Å². The molecule has 0 saturated heterocycles. The molecule has 0 radical (unpaired) electrons. The van der Waals surface area contributed by atoms with Crippen molar-refractivity contribution in [1.82, 2.24) is 4.98 Å². The van der Waals surface area contributed by atoms with Crippen molar-refractivity contribution in [3.8, 4) is 0 Å². The lowest BCUT2D eigenvalue weighted by Gasteiger charge is -2.30. The van der Waals surface area contributed by atoms with Crippen LogP contribution in [0, 0.1) is 5.92 Å². The van der Waals surface area contributed by atoms with Crippen LogP contribution in [0.2, 0.25) is 0 Å². The van der Waals surface area contributed by atoms with Crippen molar-refractivity contribution in [3.63, 3.8) is 0 Å². The molecule has 1 heterocycles.